The molecule has 156 valence electrons. The summed E-state index contributed by atoms with van der Waals surface area (Å²) in [6.45, 7) is 10.1. The monoisotopic (exact) mass is 498 g/mol. The Morgan fingerprint density at radius 1 is 1.18 bits per heavy atom. The van der Waals surface area contributed by atoms with Crippen molar-refractivity contribution in [3.63, 3.8) is 0 Å². The summed E-state index contributed by atoms with van der Waals surface area (Å²) >= 11 is 0. The van der Waals surface area contributed by atoms with Crippen LogP contribution in [0.1, 0.15) is 38.2 Å². The van der Waals surface area contributed by atoms with E-state index < -0.39 is 0 Å². The molecule has 3 fully saturated rings. The summed E-state index contributed by atoms with van der Waals surface area (Å²) in [6.07, 6.45) is 5.07. The molecule has 2 aliphatic heterocycles. The molecular weight excluding hydrogens is 463 g/mol. The number of hydrogen-bond donors (Lipinski definition) is 1. The van der Waals surface area contributed by atoms with Gasteiger partial charge in [0, 0.05) is 44.2 Å². The number of likely N-dealkylation sites (tertiary alicyclic amines) is 1. The molecule has 1 saturated carbocycles. The van der Waals surface area contributed by atoms with Gasteiger partial charge in [0.1, 0.15) is 0 Å². The van der Waals surface area contributed by atoms with E-state index in [2.05, 4.69) is 52.4 Å². The lowest BCUT2D eigenvalue weighted by Crippen LogP contribution is -2.47. The second-order valence-corrected chi connectivity index (χ2v) is 8.21. The molecule has 1 aliphatic carbocycles. The van der Waals surface area contributed by atoms with Crippen molar-refractivity contribution in [3.05, 3.63) is 35.9 Å². The normalized spacial score (nSPS) is 25.1. The maximum Gasteiger partial charge on any atom is 0.193 e. The number of hydrogen-bond acceptors (Lipinski definition) is 3. The highest BCUT2D eigenvalue weighted by molar-refractivity contribution is 14.0. The van der Waals surface area contributed by atoms with Crippen LogP contribution in [0, 0.1) is 0 Å². The third kappa shape index (κ3) is 4.82. The number of aliphatic imine (C=N–C) groups is 1. The lowest BCUT2D eigenvalue weighted by Gasteiger charge is -2.41. The highest BCUT2D eigenvalue weighted by Gasteiger charge is 2.39. The fraction of sp³-hybridized carbons (Fsp3) is 0.682. The van der Waals surface area contributed by atoms with Crippen LogP contribution in [-0.2, 0) is 10.2 Å². The molecule has 28 heavy (non-hydrogen) atoms. The minimum absolute atomic E-state index is 0. The molecule has 1 aromatic carbocycles. The van der Waals surface area contributed by atoms with Crippen molar-refractivity contribution in [1.29, 1.82) is 0 Å². The van der Waals surface area contributed by atoms with Gasteiger partial charge in [0.15, 0.2) is 5.96 Å². The molecule has 1 unspecified atom stereocenters. The molecule has 0 bridgehead atoms. The zero-order valence-corrected chi connectivity index (χ0v) is 19.4. The van der Waals surface area contributed by atoms with Crippen molar-refractivity contribution in [2.75, 3.05) is 52.5 Å². The van der Waals surface area contributed by atoms with Crippen molar-refractivity contribution in [3.8, 4) is 0 Å². The number of nitrogens with zero attached hydrogens (tertiary/aromatic N) is 3. The Kier molecular flexibility index (Phi) is 8.00. The second kappa shape index (κ2) is 10.3. The Labute approximate surface area is 186 Å². The quantitative estimate of drug-likeness (QED) is 0.385. The van der Waals surface area contributed by atoms with E-state index in [0.29, 0.717) is 6.04 Å². The number of rotatable bonds is 5. The Hall–Kier alpha value is -0.860. The molecule has 0 aromatic heterocycles. The third-order valence-electron chi connectivity index (χ3n) is 6.59. The van der Waals surface area contributed by atoms with Crippen LogP contribution in [0.25, 0.3) is 0 Å². The summed E-state index contributed by atoms with van der Waals surface area (Å²) in [4.78, 5) is 10.2. The SMILES string of the molecule is CCNC(=NCC1(c2ccccc2)CCC1)N1CCC(N2CCOCC2)C1.I. The van der Waals surface area contributed by atoms with E-state index in [1.807, 2.05) is 0 Å². The maximum absolute atomic E-state index is 5.52. The minimum atomic E-state index is 0. The number of ether oxygens (including phenoxy) is 1. The molecule has 6 heteroatoms. The van der Waals surface area contributed by atoms with E-state index in [-0.39, 0.29) is 29.4 Å². The molecule has 1 atom stereocenters. The predicted octanol–water partition coefficient (Wildman–Crippen LogP) is 3.10. The summed E-state index contributed by atoms with van der Waals surface area (Å²) < 4.78 is 5.52. The first kappa shape index (κ1) is 21.8. The Morgan fingerprint density at radius 3 is 2.57 bits per heavy atom. The lowest BCUT2D eigenvalue weighted by atomic mass is 9.64. The van der Waals surface area contributed by atoms with Gasteiger partial charge in [-0.15, -0.1) is 24.0 Å². The van der Waals surface area contributed by atoms with E-state index in [9.17, 15) is 0 Å². The largest absolute Gasteiger partial charge is 0.379 e. The van der Waals surface area contributed by atoms with Crippen LogP contribution in [0.4, 0.5) is 0 Å². The van der Waals surface area contributed by atoms with Crippen molar-refractivity contribution in [1.82, 2.24) is 15.1 Å². The van der Waals surface area contributed by atoms with Crippen LogP contribution in [0.15, 0.2) is 35.3 Å². The van der Waals surface area contributed by atoms with Crippen LogP contribution in [0.2, 0.25) is 0 Å². The molecule has 1 N–H and O–H groups in total. The Morgan fingerprint density at radius 2 is 1.93 bits per heavy atom. The first-order valence-electron chi connectivity index (χ1n) is 10.7. The van der Waals surface area contributed by atoms with Crippen molar-refractivity contribution >= 4 is 29.9 Å². The van der Waals surface area contributed by atoms with Crippen LogP contribution >= 0.6 is 24.0 Å². The number of morpholine rings is 1. The van der Waals surface area contributed by atoms with Crippen molar-refractivity contribution < 1.29 is 4.74 Å². The molecule has 3 aliphatic rings. The van der Waals surface area contributed by atoms with Crippen molar-refractivity contribution in [2.24, 2.45) is 4.99 Å². The van der Waals surface area contributed by atoms with Gasteiger partial charge in [-0.1, -0.05) is 36.8 Å². The number of guanidine groups is 1. The molecule has 5 nitrogen and oxygen atoms in total. The highest BCUT2D eigenvalue weighted by Crippen LogP contribution is 2.43. The second-order valence-electron chi connectivity index (χ2n) is 8.21. The zero-order valence-electron chi connectivity index (χ0n) is 17.1. The summed E-state index contributed by atoms with van der Waals surface area (Å²) in [5.74, 6) is 1.11. The summed E-state index contributed by atoms with van der Waals surface area (Å²) in [5.41, 5.74) is 1.72. The van der Waals surface area contributed by atoms with Gasteiger partial charge in [-0.05, 0) is 31.7 Å². The van der Waals surface area contributed by atoms with Crippen molar-refractivity contribution in [2.45, 2.75) is 44.1 Å². The van der Waals surface area contributed by atoms with E-state index in [4.69, 9.17) is 9.73 Å². The zero-order chi connectivity index (χ0) is 18.5. The molecule has 0 spiro atoms. The van der Waals surface area contributed by atoms with E-state index >= 15 is 0 Å². The van der Waals surface area contributed by atoms with Gasteiger partial charge in [-0.2, -0.15) is 0 Å². The molecule has 2 saturated heterocycles. The maximum atomic E-state index is 5.52. The minimum Gasteiger partial charge on any atom is -0.379 e. The third-order valence-corrected chi connectivity index (χ3v) is 6.59. The molecule has 1 aromatic rings. The van der Waals surface area contributed by atoms with E-state index in [0.717, 1.165) is 58.4 Å². The number of halogens is 1. The average Bonchev–Trinajstić information content (AvgIpc) is 3.18. The van der Waals surface area contributed by atoms with Crippen LogP contribution in [-0.4, -0.2) is 74.3 Å². The lowest BCUT2D eigenvalue weighted by molar-refractivity contribution is 0.0195. The topological polar surface area (TPSA) is 40.1 Å². The fourth-order valence-electron chi connectivity index (χ4n) is 4.76. The van der Waals surface area contributed by atoms with Gasteiger partial charge in [0.25, 0.3) is 0 Å². The van der Waals surface area contributed by atoms with Gasteiger partial charge in [-0.25, -0.2) is 0 Å². The molecule has 2 heterocycles. The molecule has 4 rings (SSSR count). The Bertz CT molecular complexity index is 629. The smallest absolute Gasteiger partial charge is 0.193 e. The fourth-order valence-corrected chi connectivity index (χ4v) is 4.76. The first-order chi connectivity index (χ1) is 13.3. The van der Waals surface area contributed by atoms with Crippen LogP contribution < -0.4 is 5.32 Å². The molecular formula is C22H35IN4O. The number of benzene rings is 1. The molecule has 0 amide bonds. The summed E-state index contributed by atoms with van der Waals surface area (Å²) in [6, 6.07) is 11.6. The van der Waals surface area contributed by atoms with Crippen LogP contribution in [0.3, 0.4) is 0 Å². The first-order valence-corrected chi connectivity index (χ1v) is 10.7. The number of nitrogens with one attached hydrogen (secondary N) is 1. The average molecular weight is 498 g/mol. The van der Waals surface area contributed by atoms with Crippen LogP contribution in [0.5, 0.6) is 0 Å². The van der Waals surface area contributed by atoms with E-state index in [1.165, 1.54) is 31.2 Å². The molecule has 0 radical (unpaired) electrons. The summed E-state index contributed by atoms with van der Waals surface area (Å²) in [5, 5.41) is 3.55. The van der Waals surface area contributed by atoms with Gasteiger partial charge in [-0.3, -0.25) is 9.89 Å². The van der Waals surface area contributed by atoms with Gasteiger partial charge >= 0.3 is 0 Å². The Balaban J connectivity index is 0.00000225. The highest BCUT2D eigenvalue weighted by atomic mass is 127. The van der Waals surface area contributed by atoms with Gasteiger partial charge in [0.05, 0.1) is 19.8 Å². The summed E-state index contributed by atoms with van der Waals surface area (Å²) in [7, 11) is 0. The van der Waals surface area contributed by atoms with Gasteiger partial charge < -0.3 is 15.0 Å². The van der Waals surface area contributed by atoms with Gasteiger partial charge in [0.2, 0.25) is 0 Å². The predicted molar refractivity (Wildman–Crippen MR) is 126 cm³/mol. The standard InChI is InChI=1S/C22H34N4O.HI/c1-2-23-21(26-12-9-20(17-26)25-13-15-27-16-14-25)24-18-22(10-6-11-22)19-7-4-3-5-8-19;/h3-5,7-8,20H,2,6,9-18H2,1H3,(H,23,24);1H. The van der Waals surface area contributed by atoms with E-state index in [1.54, 1.807) is 0 Å².